The molecule has 44 heavy (non-hydrogen) atoms. The fourth-order valence-electron chi connectivity index (χ4n) is 8.89. The van der Waals surface area contributed by atoms with Gasteiger partial charge >= 0.3 is 258 Å². The van der Waals surface area contributed by atoms with E-state index in [1.165, 1.54) is 55.6 Å². The summed E-state index contributed by atoms with van der Waals surface area (Å²) < 4.78 is 6.59. The fraction of sp³-hybridized carbons (Fsp3) is 0.300. The van der Waals surface area contributed by atoms with Crippen LogP contribution in [0.4, 0.5) is 0 Å². The van der Waals surface area contributed by atoms with Crippen LogP contribution in [0.2, 0.25) is 9.26 Å². The summed E-state index contributed by atoms with van der Waals surface area (Å²) in [5, 5.41) is 0. The SMILES string of the molecule is CC1=Cc2c(-c3c(C)cc(C)cc3C)ccc(C)c2[CH]1[Zr]([CH3])([CH3])(=[SiH2])[CH]1C(C(C)C)=Cc2c(-c3ccccc3)cccc21.Cl.Cl. The second-order valence-corrected chi connectivity index (χ2v) is 45.2. The van der Waals surface area contributed by atoms with Gasteiger partial charge in [-0.25, -0.2) is 0 Å². The first-order valence-electron chi connectivity index (χ1n) is 15.7. The van der Waals surface area contributed by atoms with Crippen molar-refractivity contribution in [1.29, 1.82) is 0 Å². The molecule has 230 valence electrons. The summed E-state index contributed by atoms with van der Waals surface area (Å²) in [7, 11) is 0. The molecular formula is C40H48Cl2SiZr. The predicted octanol–water partition coefficient (Wildman–Crippen LogP) is 11.7. The van der Waals surface area contributed by atoms with E-state index in [1.807, 2.05) is 0 Å². The number of fused-ring (bicyclic) bond motifs is 2. The maximum Gasteiger partial charge on any atom is -0.147 e. The molecule has 0 aromatic heterocycles. The van der Waals surface area contributed by atoms with Crippen molar-refractivity contribution in [3.63, 3.8) is 0 Å². The summed E-state index contributed by atoms with van der Waals surface area (Å²) >= 11 is -3.67. The molecule has 0 bridgehead atoms. The average Bonchev–Trinajstić information content (AvgIpc) is 3.50. The minimum atomic E-state index is -3.67. The van der Waals surface area contributed by atoms with Gasteiger partial charge in [0.25, 0.3) is 0 Å². The van der Waals surface area contributed by atoms with E-state index in [2.05, 4.69) is 150 Å². The largest absolute Gasteiger partial charge is 0.147 e. The molecule has 0 spiro atoms. The molecule has 0 radical (unpaired) electrons. The van der Waals surface area contributed by atoms with Crippen LogP contribution in [0, 0.1) is 33.6 Å². The smallest absolute Gasteiger partial charge is 0.147 e. The first kappa shape index (κ1) is 34.9. The zero-order valence-corrected chi connectivity index (χ0v) is 33.3. The average molecular weight is 719 g/mol. The van der Waals surface area contributed by atoms with Gasteiger partial charge in [0.2, 0.25) is 0 Å². The second-order valence-electron chi connectivity index (χ2n) is 14.7. The van der Waals surface area contributed by atoms with E-state index in [-0.39, 0.29) is 24.8 Å². The summed E-state index contributed by atoms with van der Waals surface area (Å²) in [5.41, 5.74) is 20.5. The minimum absolute atomic E-state index is 0. The molecule has 2 aliphatic carbocycles. The molecule has 2 atom stereocenters. The third-order valence-electron chi connectivity index (χ3n) is 10.3. The van der Waals surface area contributed by atoms with Gasteiger partial charge in [0, 0.05) is 0 Å². The fourth-order valence-corrected chi connectivity index (χ4v) is 29.5. The Morgan fingerprint density at radius 2 is 1.30 bits per heavy atom. The Balaban J connectivity index is 0.00000221. The maximum absolute atomic E-state index is 3.67. The summed E-state index contributed by atoms with van der Waals surface area (Å²) in [6.45, 7) is 18.9. The number of halogens is 2. The van der Waals surface area contributed by atoms with Crippen molar-refractivity contribution in [1.82, 2.24) is 0 Å². The van der Waals surface area contributed by atoms with Crippen LogP contribution in [0.15, 0.2) is 83.9 Å². The van der Waals surface area contributed by atoms with Crippen LogP contribution >= 0.6 is 24.8 Å². The van der Waals surface area contributed by atoms with E-state index in [4.69, 9.17) is 0 Å². The van der Waals surface area contributed by atoms with E-state index >= 15 is 0 Å². The number of aryl methyl sites for hydroxylation is 4. The van der Waals surface area contributed by atoms with Crippen molar-refractivity contribution >= 4 is 43.8 Å². The van der Waals surface area contributed by atoms with E-state index in [9.17, 15) is 0 Å². The van der Waals surface area contributed by atoms with Crippen LogP contribution in [-0.2, 0) is 17.4 Å². The van der Waals surface area contributed by atoms with Crippen LogP contribution in [0.3, 0.4) is 0 Å². The molecule has 6 rings (SSSR count). The van der Waals surface area contributed by atoms with Crippen molar-refractivity contribution in [2.75, 3.05) is 0 Å². The number of hydrogen-bond donors (Lipinski definition) is 0. The molecule has 0 saturated carbocycles. The number of hydrogen-bond acceptors (Lipinski definition) is 0. The van der Waals surface area contributed by atoms with Crippen LogP contribution in [0.25, 0.3) is 34.4 Å². The van der Waals surface area contributed by atoms with Crippen LogP contribution in [0.5, 0.6) is 0 Å². The van der Waals surface area contributed by atoms with Crippen molar-refractivity contribution in [3.8, 4) is 22.3 Å². The number of benzene rings is 4. The van der Waals surface area contributed by atoms with E-state index in [0.29, 0.717) is 13.2 Å². The Labute approximate surface area is 280 Å². The third kappa shape index (κ3) is 5.53. The van der Waals surface area contributed by atoms with Gasteiger partial charge in [0.1, 0.15) is 0 Å². The summed E-state index contributed by atoms with van der Waals surface area (Å²) in [5.74, 6) is 0.513. The molecule has 0 saturated heterocycles. The van der Waals surface area contributed by atoms with E-state index in [1.54, 1.807) is 22.3 Å². The zero-order chi connectivity index (χ0) is 30.2. The molecule has 2 unspecified atom stereocenters. The molecule has 0 aliphatic heterocycles. The van der Waals surface area contributed by atoms with Crippen molar-refractivity contribution in [3.05, 3.63) is 128 Å². The van der Waals surface area contributed by atoms with Gasteiger partial charge in [-0.05, 0) is 0 Å². The predicted molar refractivity (Wildman–Crippen MR) is 199 cm³/mol. The summed E-state index contributed by atoms with van der Waals surface area (Å²) in [6, 6.07) is 27.6. The van der Waals surface area contributed by atoms with Crippen LogP contribution < -0.4 is 0 Å². The standard InChI is InChI=1S/C20H21.C18H17.2CH3.2ClH.H2Si.Zr/c1-12-8-15(4)20(16(5)9-12)17-7-6-14(3)18-10-13(2)11-19(17)18;1-13(2)16-11-15-9-6-10-17(18(15)12-16)14-7-4-3-5-8-14;;;;;;/h6-11H,1-5H3;3-13H,1-2H3;2*1H3;2*1H;1H2;. The topological polar surface area (TPSA) is 0 Å². The Morgan fingerprint density at radius 3 is 1.91 bits per heavy atom. The molecule has 4 aromatic rings. The summed E-state index contributed by atoms with van der Waals surface area (Å²) in [4.78, 5) is 0. The van der Waals surface area contributed by atoms with Crippen LogP contribution in [0.1, 0.15) is 72.5 Å². The van der Waals surface area contributed by atoms with Gasteiger partial charge < -0.3 is 0 Å². The quantitative estimate of drug-likeness (QED) is 0.180. The minimum Gasteiger partial charge on any atom is -0.147 e. The molecular weight excluding hydrogens is 671 g/mol. The third-order valence-corrected chi connectivity index (χ3v) is 27.9. The monoisotopic (exact) mass is 716 g/mol. The van der Waals surface area contributed by atoms with Gasteiger partial charge in [-0.3, -0.25) is 0 Å². The van der Waals surface area contributed by atoms with Gasteiger partial charge in [0.05, 0.1) is 0 Å². The van der Waals surface area contributed by atoms with Gasteiger partial charge in [-0.2, -0.15) is 0 Å². The van der Waals surface area contributed by atoms with Gasteiger partial charge in [-0.15, -0.1) is 24.8 Å². The second kappa shape index (κ2) is 12.3. The first-order valence-corrected chi connectivity index (χ1v) is 29.3. The first-order chi connectivity index (χ1) is 19.8. The Bertz CT molecular complexity index is 1870. The van der Waals surface area contributed by atoms with Gasteiger partial charge in [-0.1, -0.05) is 0 Å². The molecule has 0 heterocycles. The van der Waals surface area contributed by atoms with Crippen molar-refractivity contribution in [2.45, 2.75) is 65.0 Å². The molecule has 0 N–H and O–H groups in total. The zero-order valence-electron chi connectivity index (χ0n) is 27.8. The Morgan fingerprint density at radius 1 is 0.659 bits per heavy atom. The molecule has 4 aromatic carbocycles. The van der Waals surface area contributed by atoms with Crippen molar-refractivity contribution < 1.29 is 17.4 Å². The van der Waals surface area contributed by atoms with Crippen LogP contribution in [-0.4, -0.2) is 6.88 Å². The van der Waals surface area contributed by atoms with Gasteiger partial charge in [0.15, 0.2) is 0 Å². The summed E-state index contributed by atoms with van der Waals surface area (Å²) in [6.07, 6.45) is 5.17. The molecule has 0 amide bonds. The number of rotatable bonds is 5. The molecule has 2 aliphatic rings. The maximum atomic E-state index is 2.77. The molecule has 0 fully saturated rings. The number of allylic oxidation sites excluding steroid dienone is 2. The molecule has 0 nitrogen and oxygen atoms in total. The Hall–Kier alpha value is -1.96. The molecule has 4 heteroatoms. The van der Waals surface area contributed by atoms with Crippen molar-refractivity contribution in [2.24, 2.45) is 5.92 Å². The van der Waals surface area contributed by atoms with E-state index in [0.717, 1.165) is 0 Å². The Kier molecular flexibility index (Phi) is 9.78. The normalized spacial score (nSPS) is 17.3. The van der Waals surface area contributed by atoms with E-state index < -0.39 is 17.4 Å².